The minimum Gasteiger partial charge on any atom is -0.0882 e. The van der Waals surface area contributed by atoms with Gasteiger partial charge in [0.1, 0.15) is 0 Å². The summed E-state index contributed by atoms with van der Waals surface area (Å²) in [6, 6.07) is 0. The molecule has 0 unspecified atom stereocenters. The van der Waals surface area contributed by atoms with Crippen LogP contribution in [0, 0.1) is 5.92 Å². The zero-order valence-electron chi connectivity index (χ0n) is 7.78. The van der Waals surface area contributed by atoms with E-state index in [2.05, 4.69) is 33.8 Å². The third-order valence-electron chi connectivity index (χ3n) is 1.93. The van der Waals surface area contributed by atoms with Crippen LogP contribution in [-0.4, -0.2) is 0 Å². The van der Waals surface area contributed by atoms with Gasteiger partial charge in [-0.15, -0.1) is 0 Å². The Bertz CT molecular complexity index is 98.6. The molecule has 0 heteroatoms. The fourth-order valence-corrected chi connectivity index (χ4v) is 1.15. The molecule has 0 amide bonds. The van der Waals surface area contributed by atoms with Crippen molar-refractivity contribution in [3.05, 3.63) is 11.6 Å². The Labute approximate surface area is 65.3 Å². The molecule has 10 heavy (non-hydrogen) atoms. The van der Waals surface area contributed by atoms with E-state index in [1.807, 2.05) is 0 Å². The number of allylic oxidation sites excluding steroid dienone is 2. The van der Waals surface area contributed by atoms with E-state index in [1.54, 1.807) is 5.57 Å². The maximum absolute atomic E-state index is 2.27. The van der Waals surface area contributed by atoms with Crippen molar-refractivity contribution in [3.63, 3.8) is 0 Å². The molecule has 0 aromatic heterocycles. The van der Waals surface area contributed by atoms with Crippen molar-refractivity contribution >= 4 is 0 Å². The van der Waals surface area contributed by atoms with Crippen LogP contribution in [-0.2, 0) is 0 Å². The van der Waals surface area contributed by atoms with Gasteiger partial charge in [0.15, 0.2) is 0 Å². The highest BCUT2D eigenvalue weighted by Gasteiger charge is 1.99. The van der Waals surface area contributed by atoms with Crippen molar-refractivity contribution in [2.24, 2.45) is 5.92 Å². The molecule has 0 spiro atoms. The molecule has 0 N–H and O–H groups in total. The summed E-state index contributed by atoms with van der Waals surface area (Å²) in [7, 11) is 0. The Balaban J connectivity index is 3.63. The molecule has 0 bridgehead atoms. The molecule has 0 aliphatic rings. The highest BCUT2D eigenvalue weighted by molar-refractivity contribution is 5.02. The molecule has 0 radical (unpaired) electrons. The average molecular weight is 140 g/mol. The highest BCUT2D eigenvalue weighted by Crippen LogP contribution is 2.15. The standard InChI is InChI=1S/C10H20/c1-5-7-8-10(6-2)9(3)4/h6,9H,5,7-8H2,1-4H3/b10-6+. The summed E-state index contributed by atoms with van der Waals surface area (Å²) in [5.41, 5.74) is 1.61. The molecule has 0 aromatic carbocycles. The summed E-state index contributed by atoms with van der Waals surface area (Å²) in [6.45, 7) is 8.93. The van der Waals surface area contributed by atoms with Crippen molar-refractivity contribution in [1.29, 1.82) is 0 Å². The maximum atomic E-state index is 2.27. The fourth-order valence-electron chi connectivity index (χ4n) is 1.15. The molecule has 0 atom stereocenters. The summed E-state index contributed by atoms with van der Waals surface area (Å²) in [5, 5.41) is 0. The van der Waals surface area contributed by atoms with Crippen molar-refractivity contribution in [1.82, 2.24) is 0 Å². The van der Waals surface area contributed by atoms with Gasteiger partial charge in [0.25, 0.3) is 0 Å². The number of hydrogen-bond acceptors (Lipinski definition) is 0. The second-order valence-corrected chi connectivity index (χ2v) is 3.12. The minimum absolute atomic E-state index is 0.747. The zero-order valence-corrected chi connectivity index (χ0v) is 7.78. The van der Waals surface area contributed by atoms with Gasteiger partial charge < -0.3 is 0 Å². The van der Waals surface area contributed by atoms with E-state index in [0.717, 1.165) is 5.92 Å². The van der Waals surface area contributed by atoms with Gasteiger partial charge in [-0.2, -0.15) is 0 Å². The summed E-state index contributed by atoms with van der Waals surface area (Å²) in [6.07, 6.45) is 6.22. The predicted molar refractivity (Wildman–Crippen MR) is 48.1 cm³/mol. The monoisotopic (exact) mass is 140 g/mol. The van der Waals surface area contributed by atoms with Crippen LogP contribution < -0.4 is 0 Å². The molecular weight excluding hydrogens is 120 g/mol. The molecule has 0 saturated carbocycles. The lowest BCUT2D eigenvalue weighted by Gasteiger charge is -2.08. The van der Waals surface area contributed by atoms with Crippen molar-refractivity contribution in [3.8, 4) is 0 Å². The van der Waals surface area contributed by atoms with Gasteiger partial charge in [-0.05, 0) is 25.7 Å². The number of hydrogen-bond donors (Lipinski definition) is 0. The topological polar surface area (TPSA) is 0 Å². The first-order chi connectivity index (χ1) is 4.72. The van der Waals surface area contributed by atoms with Crippen LogP contribution in [0.1, 0.15) is 47.0 Å². The largest absolute Gasteiger partial charge is 0.0882 e. The van der Waals surface area contributed by atoms with Crippen LogP contribution >= 0.6 is 0 Å². The second kappa shape index (κ2) is 5.52. The number of rotatable bonds is 4. The predicted octanol–water partition coefficient (Wildman–Crippen LogP) is 3.78. The second-order valence-electron chi connectivity index (χ2n) is 3.12. The first kappa shape index (κ1) is 9.74. The molecule has 60 valence electrons. The van der Waals surface area contributed by atoms with Gasteiger partial charge >= 0.3 is 0 Å². The summed E-state index contributed by atoms with van der Waals surface area (Å²) < 4.78 is 0. The van der Waals surface area contributed by atoms with Gasteiger partial charge in [-0.1, -0.05) is 38.8 Å². The maximum Gasteiger partial charge on any atom is -0.0260 e. The summed E-state index contributed by atoms with van der Waals surface area (Å²) >= 11 is 0. The van der Waals surface area contributed by atoms with Gasteiger partial charge in [0.2, 0.25) is 0 Å². The van der Waals surface area contributed by atoms with Gasteiger partial charge in [0, 0.05) is 0 Å². The van der Waals surface area contributed by atoms with Crippen LogP contribution in [0.3, 0.4) is 0 Å². The van der Waals surface area contributed by atoms with Crippen LogP contribution in [0.2, 0.25) is 0 Å². The van der Waals surface area contributed by atoms with E-state index in [1.165, 1.54) is 19.3 Å². The summed E-state index contributed by atoms with van der Waals surface area (Å²) in [5.74, 6) is 0.747. The third-order valence-corrected chi connectivity index (χ3v) is 1.93. The van der Waals surface area contributed by atoms with E-state index in [9.17, 15) is 0 Å². The lowest BCUT2D eigenvalue weighted by atomic mass is 9.98. The molecule has 0 fully saturated rings. The van der Waals surface area contributed by atoms with E-state index >= 15 is 0 Å². The molecule has 0 aliphatic carbocycles. The Morgan fingerprint density at radius 2 is 2.00 bits per heavy atom. The van der Waals surface area contributed by atoms with E-state index in [0.29, 0.717) is 0 Å². The Hall–Kier alpha value is -0.260. The first-order valence-electron chi connectivity index (χ1n) is 4.37. The molecule has 0 heterocycles. The van der Waals surface area contributed by atoms with Crippen molar-refractivity contribution in [2.45, 2.75) is 47.0 Å². The Morgan fingerprint density at radius 3 is 2.30 bits per heavy atom. The van der Waals surface area contributed by atoms with Gasteiger partial charge in [-0.3, -0.25) is 0 Å². The highest BCUT2D eigenvalue weighted by atomic mass is 14.1. The van der Waals surface area contributed by atoms with E-state index in [4.69, 9.17) is 0 Å². The van der Waals surface area contributed by atoms with E-state index < -0.39 is 0 Å². The Morgan fingerprint density at radius 1 is 1.40 bits per heavy atom. The van der Waals surface area contributed by atoms with Crippen molar-refractivity contribution in [2.75, 3.05) is 0 Å². The third kappa shape index (κ3) is 3.71. The Kier molecular flexibility index (Phi) is 5.38. The lowest BCUT2D eigenvalue weighted by molar-refractivity contribution is 0.672. The molecule has 0 nitrogen and oxygen atoms in total. The minimum atomic E-state index is 0.747. The van der Waals surface area contributed by atoms with Gasteiger partial charge in [-0.25, -0.2) is 0 Å². The van der Waals surface area contributed by atoms with Gasteiger partial charge in [0.05, 0.1) is 0 Å². The van der Waals surface area contributed by atoms with Crippen LogP contribution in [0.15, 0.2) is 11.6 Å². The average Bonchev–Trinajstić information content (AvgIpc) is 1.89. The summed E-state index contributed by atoms with van der Waals surface area (Å²) in [4.78, 5) is 0. The fraction of sp³-hybridized carbons (Fsp3) is 0.800. The zero-order chi connectivity index (χ0) is 7.98. The molecule has 0 aliphatic heterocycles. The van der Waals surface area contributed by atoms with Crippen molar-refractivity contribution < 1.29 is 0 Å². The van der Waals surface area contributed by atoms with Crippen LogP contribution in [0.25, 0.3) is 0 Å². The van der Waals surface area contributed by atoms with Crippen LogP contribution in [0.4, 0.5) is 0 Å². The molecule has 0 saturated heterocycles. The number of unbranched alkanes of at least 4 members (excludes halogenated alkanes) is 1. The smallest absolute Gasteiger partial charge is 0.0260 e. The molecule has 0 aromatic rings. The van der Waals surface area contributed by atoms with Crippen LogP contribution in [0.5, 0.6) is 0 Å². The molecule has 0 rings (SSSR count). The molecular formula is C10H20. The SMILES string of the molecule is C/C=C(\CCCC)C(C)C. The quantitative estimate of drug-likeness (QED) is 0.521. The first-order valence-corrected chi connectivity index (χ1v) is 4.37. The lowest BCUT2D eigenvalue weighted by Crippen LogP contribution is -1.93. The normalized spacial score (nSPS) is 12.7. The van der Waals surface area contributed by atoms with E-state index in [-0.39, 0.29) is 0 Å².